The first-order valence-electron chi connectivity index (χ1n) is 10.6. The summed E-state index contributed by atoms with van der Waals surface area (Å²) in [5.74, 6) is -0.505. The first-order chi connectivity index (χ1) is 14.9. The normalized spacial score (nSPS) is 16.0. The number of hydrogen-bond acceptors (Lipinski definition) is 6. The zero-order valence-electron chi connectivity index (χ0n) is 18.4. The number of aromatic nitrogens is 2. The molecule has 8 nitrogen and oxygen atoms in total. The molecule has 2 aromatic rings. The van der Waals surface area contributed by atoms with E-state index in [2.05, 4.69) is 10.00 Å². The first-order valence-corrected chi connectivity index (χ1v) is 10.6. The zero-order chi connectivity index (χ0) is 22.4. The van der Waals surface area contributed by atoms with Gasteiger partial charge in [0.2, 0.25) is 5.91 Å². The Balaban J connectivity index is 1.79. The number of benzene rings is 1. The van der Waals surface area contributed by atoms with Crippen molar-refractivity contribution in [3.05, 3.63) is 58.5 Å². The second kappa shape index (κ2) is 9.87. The molecule has 2 heterocycles. The van der Waals surface area contributed by atoms with E-state index in [0.29, 0.717) is 51.1 Å². The van der Waals surface area contributed by atoms with Crippen molar-refractivity contribution in [1.82, 2.24) is 14.7 Å². The maximum absolute atomic E-state index is 13.0. The van der Waals surface area contributed by atoms with Gasteiger partial charge in [0.05, 0.1) is 19.3 Å². The number of nitrogens with zero attached hydrogens (tertiary/aromatic N) is 4. The SMILES string of the molecule is CCC(=O)N(c1ccccc1)C1(C(=O)OC)CCN(CCn2nc(C)ccc2=O)CC1. The fourth-order valence-electron chi connectivity index (χ4n) is 4.17. The fourth-order valence-corrected chi connectivity index (χ4v) is 4.17. The highest BCUT2D eigenvalue weighted by Crippen LogP contribution is 2.35. The van der Waals surface area contributed by atoms with Crippen molar-refractivity contribution in [3.63, 3.8) is 0 Å². The number of carbonyl (C=O) groups is 2. The van der Waals surface area contributed by atoms with Gasteiger partial charge in [-0.2, -0.15) is 5.10 Å². The summed E-state index contributed by atoms with van der Waals surface area (Å²) in [6, 6.07) is 12.5. The summed E-state index contributed by atoms with van der Waals surface area (Å²) in [4.78, 5) is 41.8. The van der Waals surface area contributed by atoms with E-state index >= 15 is 0 Å². The molecule has 1 amide bonds. The van der Waals surface area contributed by atoms with Crippen molar-refractivity contribution >= 4 is 17.6 Å². The Morgan fingerprint density at radius 3 is 2.39 bits per heavy atom. The van der Waals surface area contributed by atoms with E-state index in [9.17, 15) is 14.4 Å². The van der Waals surface area contributed by atoms with Crippen molar-refractivity contribution < 1.29 is 14.3 Å². The Hall–Kier alpha value is -3.00. The van der Waals surface area contributed by atoms with Crippen LogP contribution in [0.3, 0.4) is 0 Å². The van der Waals surface area contributed by atoms with Crippen LogP contribution in [0.2, 0.25) is 0 Å². The third-order valence-electron chi connectivity index (χ3n) is 5.87. The van der Waals surface area contributed by atoms with E-state index in [0.717, 1.165) is 5.69 Å². The molecular weight excluding hydrogens is 396 g/mol. The van der Waals surface area contributed by atoms with Crippen LogP contribution in [0, 0.1) is 6.92 Å². The van der Waals surface area contributed by atoms with E-state index in [1.165, 1.54) is 17.9 Å². The lowest BCUT2D eigenvalue weighted by Gasteiger charge is -2.46. The number of ether oxygens (including phenoxy) is 1. The van der Waals surface area contributed by atoms with Gasteiger partial charge in [0.15, 0.2) is 0 Å². The molecule has 0 spiro atoms. The minimum Gasteiger partial charge on any atom is -0.467 e. The summed E-state index contributed by atoms with van der Waals surface area (Å²) in [5, 5.41) is 4.28. The van der Waals surface area contributed by atoms with Crippen molar-refractivity contribution in [2.24, 2.45) is 0 Å². The summed E-state index contributed by atoms with van der Waals surface area (Å²) in [5.41, 5.74) is 0.316. The molecule has 0 aliphatic carbocycles. The number of piperidine rings is 1. The van der Waals surface area contributed by atoms with Crippen LogP contribution in [0.4, 0.5) is 5.69 Å². The fraction of sp³-hybridized carbons (Fsp3) is 0.478. The van der Waals surface area contributed by atoms with Crippen LogP contribution < -0.4 is 10.5 Å². The molecule has 0 bridgehead atoms. The largest absolute Gasteiger partial charge is 0.467 e. The number of anilines is 1. The molecule has 166 valence electrons. The van der Waals surface area contributed by atoms with Crippen molar-refractivity contribution in [1.29, 1.82) is 0 Å². The van der Waals surface area contributed by atoms with Crippen LogP contribution in [0.1, 0.15) is 31.9 Å². The maximum Gasteiger partial charge on any atom is 0.332 e. The monoisotopic (exact) mass is 426 g/mol. The average molecular weight is 427 g/mol. The van der Waals surface area contributed by atoms with Crippen LogP contribution in [-0.2, 0) is 20.9 Å². The van der Waals surface area contributed by atoms with Crippen molar-refractivity contribution in [2.45, 2.75) is 45.2 Å². The van der Waals surface area contributed by atoms with E-state index in [-0.39, 0.29) is 11.5 Å². The number of amides is 1. The summed E-state index contributed by atoms with van der Waals surface area (Å²) in [7, 11) is 1.37. The minimum atomic E-state index is -1.04. The first kappa shape index (κ1) is 22.7. The standard InChI is InChI=1S/C23H30N4O4/c1-4-20(28)27(19-8-6-5-7-9-19)23(22(30)31-3)12-14-25(15-13-23)16-17-26-21(29)11-10-18(2)24-26/h5-11H,4,12-17H2,1-3H3. The summed E-state index contributed by atoms with van der Waals surface area (Å²) in [6.07, 6.45) is 1.20. The number of methoxy groups -OCH3 is 1. The average Bonchev–Trinajstić information content (AvgIpc) is 2.80. The van der Waals surface area contributed by atoms with E-state index < -0.39 is 11.5 Å². The number of hydrogen-bond donors (Lipinski definition) is 0. The Kier molecular flexibility index (Phi) is 7.22. The van der Waals surface area contributed by atoms with Gasteiger partial charge in [-0.25, -0.2) is 9.48 Å². The number of carbonyl (C=O) groups excluding carboxylic acids is 2. The molecule has 0 saturated carbocycles. The van der Waals surface area contributed by atoms with Gasteiger partial charge in [0.1, 0.15) is 5.54 Å². The second-order valence-electron chi connectivity index (χ2n) is 7.82. The quantitative estimate of drug-likeness (QED) is 0.630. The summed E-state index contributed by atoms with van der Waals surface area (Å²) in [6.45, 7) is 5.98. The lowest BCUT2D eigenvalue weighted by molar-refractivity contribution is -0.151. The van der Waals surface area contributed by atoms with Gasteiger partial charge in [0.25, 0.3) is 5.56 Å². The lowest BCUT2D eigenvalue weighted by Crippen LogP contribution is -2.62. The van der Waals surface area contributed by atoms with Gasteiger partial charge in [0, 0.05) is 37.8 Å². The molecule has 0 atom stereocenters. The second-order valence-corrected chi connectivity index (χ2v) is 7.82. The van der Waals surface area contributed by atoms with Crippen LogP contribution in [0.15, 0.2) is 47.3 Å². The molecule has 0 unspecified atom stereocenters. The smallest absolute Gasteiger partial charge is 0.332 e. The predicted molar refractivity (Wildman–Crippen MR) is 118 cm³/mol. The topological polar surface area (TPSA) is 84.7 Å². The molecule has 1 aromatic carbocycles. The van der Waals surface area contributed by atoms with Crippen LogP contribution in [0.5, 0.6) is 0 Å². The molecule has 1 saturated heterocycles. The third kappa shape index (κ3) is 4.85. The number of rotatable bonds is 7. The molecule has 0 radical (unpaired) electrons. The maximum atomic E-state index is 13.0. The highest BCUT2D eigenvalue weighted by Gasteiger charge is 2.49. The molecular formula is C23H30N4O4. The highest BCUT2D eigenvalue weighted by atomic mass is 16.5. The van der Waals surface area contributed by atoms with Gasteiger partial charge in [-0.15, -0.1) is 0 Å². The lowest BCUT2D eigenvalue weighted by atomic mass is 9.84. The Bertz CT molecular complexity index is 965. The van der Waals surface area contributed by atoms with Gasteiger partial charge >= 0.3 is 5.97 Å². The third-order valence-corrected chi connectivity index (χ3v) is 5.87. The minimum absolute atomic E-state index is 0.111. The van der Waals surface area contributed by atoms with Crippen LogP contribution in [-0.4, -0.2) is 58.8 Å². The van der Waals surface area contributed by atoms with Crippen LogP contribution >= 0.6 is 0 Å². The van der Waals surface area contributed by atoms with Gasteiger partial charge < -0.3 is 9.64 Å². The predicted octanol–water partition coefficient (Wildman–Crippen LogP) is 2.00. The summed E-state index contributed by atoms with van der Waals surface area (Å²) < 4.78 is 6.64. The van der Waals surface area contributed by atoms with E-state index in [4.69, 9.17) is 4.74 Å². The van der Waals surface area contributed by atoms with Gasteiger partial charge in [-0.3, -0.25) is 14.5 Å². The Labute approximate surface area is 182 Å². The van der Waals surface area contributed by atoms with Crippen molar-refractivity contribution in [2.75, 3.05) is 31.6 Å². The number of para-hydroxylation sites is 1. The van der Waals surface area contributed by atoms with Gasteiger partial charge in [-0.05, 0) is 38.0 Å². The van der Waals surface area contributed by atoms with Crippen molar-refractivity contribution in [3.8, 4) is 0 Å². The molecule has 1 fully saturated rings. The molecule has 31 heavy (non-hydrogen) atoms. The van der Waals surface area contributed by atoms with E-state index in [1.54, 1.807) is 17.9 Å². The number of aryl methyl sites for hydroxylation is 1. The number of esters is 1. The summed E-state index contributed by atoms with van der Waals surface area (Å²) >= 11 is 0. The van der Waals surface area contributed by atoms with E-state index in [1.807, 2.05) is 37.3 Å². The molecule has 8 heteroatoms. The molecule has 0 N–H and O–H groups in total. The Morgan fingerprint density at radius 2 is 1.77 bits per heavy atom. The van der Waals surface area contributed by atoms with Gasteiger partial charge in [-0.1, -0.05) is 25.1 Å². The highest BCUT2D eigenvalue weighted by molar-refractivity contribution is 6.02. The zero-order valence-corrected chi connectivity index (χ0v) is 18.4. The number of likely N-dealkylation sites (tertiary alicyclic amines) is 1. The molecule has 1 aliphatic rings. The van der Waals surface area contributed by atoms with Crippen LogP contribution in [0.25, 0.3) is 0 Å². The molecule has 1 aliphatic heterocycles. The molecule has 1 aromatic heterocycles. The molecule has 3 rings (SSSR count). The Morgan fingerprint density at radius 1 is 1.10 bits per heavy atom.